The van der Waals surface area contributed by atoms with Crippen molar-refractivity contribution in [1.82, 2.24) is 15.0 Å². The number of nitrogens with two attached hydrogens (primary N) is 2. The van der Waals surface area contributed by atoms with Crippen LogP contribution in [0, 0.1) is 0 Å². The summed E-state index contributed by atoms with van der Waals surface area (Å²) in [5.74, 6) is 6.20. The minimum atomic E-state index is -1.05. The first kappa shape index (κ1) is 21.2. The second-order valence-electron chi connectivity index (χ2n) is 7.90. The molecule has 3 heterocycles. The second-order valence-corrected chi connectivity index (χ2v) is 8.31. The van der Waals surface area contributed by atoms with E-state index in [1.165, 1.54) is 6.20 Å². The van der Waals surface area contributed by atoms with Crippen LogP contribution in [0.5, 0.6) is 5.75 Å². The molecule has 5 N–H and O–H groups in total. The summed E-state index contributed by atoms with van der Waals surface area (Å²) < 4.78 is 6.41. The van der Waals surface area contributed by atoms with Crippen LogP contribution in [0.2, 0.25) is 5.02 Å². The molecule has 0 atom stereocenters. The fraction of sp³-hybridized carbons (Fsp3) is 0.381. The van der Waals surface area contributed by atoms with Crippen LogP contribution in [-0.2, 0) is 11.2 Å². The molecule has 164 valence electrons. The fourth-order valence-electron chi connectivity index (χ4n) is 4.09. The maximum atomic E-state index is 10.7. The number of fused-ring (bicyclic) bond motifs is 1. The highest BCUT2D eigenvalue weighted by Crippen LogP contribution is 2.42. The lowest BCUT2D eigenvalue weighted by Crippen LogP contribution is -2.50. The van der Waals surface area contributed by atoms with Gasteiger partial charge in [0, 0.05) is 42.7 Å². The van der Waals surface area contributed by atoms with Gasteiger partial charge in [0.2, 0.25) is 0 Å². The van der Waals surface area contributed by atoms with E-state index in [4.69, 9.17) is 33.0 Å². The molecule has 2 aliphatic heterocycles. The number of nitrogens with zero attached hydrogens (tertiary/aromatic N) is 4. The van der Waals surface area contributed by atoms with E-state index in [0.717, 1.165) is 65.9 Å². The molecule has 0 amide bonds. The fourth-order valence-corrected chi connectivity index (χ4v) is 4.35. The highest BCUT2D eigenvalue weighted by Gasteiger charge is 2.40. The van der Waals surface area contributed by atoms with Crippen molar-refractivity contribution in [1.29, 1.82) is 0 Å². The van der Waals surface area contributed by atoms with Gasteiger partial charge in [0.15, 0.2) is 0 Å². The zero-order valence-corrected chi connectivity index (χ0v) is 17.8. The Balaban J connectivity index is 1.38. The Hall–Kier alpha value is -3.04. The van der Waals surface area contributed by atoms with E-state index in [1.54, 1.807) is 12.4 Å². The van der Waals surface area contributed by atoms with Crippen LogP contribution >= 0.6 is 11.6 Å². The molecule has 0 bridgehead atoms. The van der Waals surface area contributed by atoms with E-state index in [-0.39, 0.29) is 17.8 Å². The molecule has 0 unspecified atom stereocenters. The number of rotatable bonds is 5. The molecule has 0 aliphatic carbocycles. The molecule has 31 heavy (non-hydrogen) atoms. The van der Waals surface area contributed by atoms with E-state index in [1.807, 2.05) is 18.2 Å². The number of hydrogen-bond acceptors (Lipinski definition) is 8. The number of carboxylic acid groups (broad SMARTS) is 1. The summed E-state index contributed by atoms with van der Waals surface area (Å²) in [5.41, 5.74) is 7.56. The Morgan fingerprint density at radius 3 is 2.74 bits per heavy atom. The third-order valence-electron chi connectivity index (χ3n) is 5.79. The Labute approximate surface area is 185 Å². The first-order chi connectivity index (χ1) is 14.8. The van der Waals surface area contributed by atoms with Crippen molar-refractivity contribution in [2.24, 2.45) is 11.6 Å². The number of halogens is 1. The maximum Gasteiger partial charge on any atom is 0.324 e. The highest BCUT2D eigenvalue weighted by molar-refractivity contribution is 6.31. The van der Waals surface area contributed by atoms with E-state index in [2.05, 4.69) is 14.9 Å². The van der Waals surface area contributed by atoms with Crippen molar-refractivity contribution < 1.29 is 14.6 Å². The van der Waals surface area contributed by atoms with Gasteiger partial charge in [-0.25, -0.2) is 15.8 Å². The third-order valence-corrected chi connectivity index (χ3v) is 6.14. The summed E-state index contributed by atoms with van der Waals surface area (Å²) in [6.45, 7) is 1.26. The van der Waals surface area contributed by atoms with Gasteiger partial charge in [0.1, 0.15) is 29.4 Å². The minimum Gasteiger partial charge on any atom is -0.487 e. The molecule has 4 rings (SSSR count). The molecule has 0 radical (unpaired) electrons. The topological polar surface area (TPSA) is 131 Å². The van der Waals surface area contributed by atoms with E-state index < -0.39 is 5.97 Å². The van der Waals surface area contributed by atoms with Crippen LogP contribution in [0.1, 0.15) is 30.5 Å². The Kier molecular flexibility index (Phi) is 5.88. The van der Waals surface area contributed by atoms with Crippen molar-refractivity contribution in [2.75, 3.05) is 24.5 Å². The Morgan fingerprint density at radius 2 is 2.06 bits per heavy atom. The van der Waals surface area contributed by atoms with Gasteiger partial charge in [-0.1, -0.05) is 17.7 Å². The first-order valence-electron chi connectivity index (χ1n) is 10.1. The van der Waals surface area contributed by atoms with Gasteiger partial charge < -0.3 is 25.5 Å². The van der Waals surface area contributed by atoms with Crippen LogP contribution in [0.4, 0.5) is 5.82 Å². The molecule has 2 aliphatic rings. The van der Waals surface area contributed by atoms with E-state index in [9.17, 15) is 4.79 Å². The maximum absolute atomic E-state index is 10.7. The molecule has 1 spiro atoms. The zero-order valence-electron chi connectivity index (χ0n) is 17.0. The number of carbonyl (C=O) groups is 1. The Morgan fingerprint density at radius 1 is 1.29 bits per heavy atom. The van der Waals surface area contributed by atoms with Gasteiger partial charge in [0.25, 0.3) is 0 Å². The van der Waals surface area contributed by atoms with Gasteiger partial charge in [-0.2, -0.15) is 0 Å². The summed E-state index contributed by atoms with van der Waals surface area (Å²) >= 11 is 6.31. The van der Waals surface area contributed by atoms with Crippen molar-refractivity contribution in [3.05, 3.63) is 53.1 Å². The SMILES string of the molecule is N/C(=C\N(N)CC(=O)O)c1cnc(N2CCC3(CCc4c(Cl)cccc4O3)CC2)cn1. The molecule has 1 fully saturated rings. The average Bonchev–Trinajstić information content (AvgIpc) is 2.74. The number of hydrazine groups is 1. The molecular formula is C21H25ClN6O3. The number of carboxylic acids is 1. The molecule has 1 aromatic heterocycles. The lowest BCUT2D eigenvalue weighted by Gasteiger charge is -2.45. The molecule has 10 heteroatoms. The third kappa shape index (κ3) is 4.67. The standard InChI is InChI=1S/C21H25ClN6O3/c22-15-2-1-3-18-14(15)4-5-21(31-18)6-8-27(9-7-21)19-11-25-17(10-26-19)16(23)12-28(24)13-20(29)30/h1-3,10-12H,4-9,13,23-24H2,(H,29,30)/b16-12-. The summed E-state index contributed by atoms with van der Waals surface area (Å²) in [6.07, 6.45) is 8.22. The van der Waals surface area contributed by atoms with Gasteiger partial charge >= 0.3 is 5.97 Å². The van der Waals surface area contributed by atoms with Crippen molar-refractivity contribution in [3.8, 4) is 5.75 Å². The number of ether oxygens (including phenoxy) is 1. The highest BCUT2D eigenvalue weighted by atomic mass is 35.5. The van der Waals surface area contributed by atoms with E-state index in [0.29, 0.717) is 5.69 Å². The quantitative estimate of drug-likeness (QED) is 0.468. The normalized spacial score (nSPS) is 17.7. The molecule has 9 nitrogen and oxygen atoms in total. The van der Waals surface area contributed by atoms with Crippen LogP contribution < -0.4 is 21.2 Å². The number of aliphatic carboxylic acids is 1. The van der Waals surface area contributed by atoms with Crippen molar-refractivity contribution >= 4 is 29.1 Å². The minimum absolute atomic E-state index is 0.163. The van der Waals surface area contributed by atoms with Crippen molar-refractivity contribution in [2.45, 2.75) is 31.3 Å². The number of hydrogen-bond donors (Lipinski definition) is 3. The van der Waals surface area contributed by atoms with Crippen molar-refractivity contribution in [3.63, 3.8) is 0 Å². The van der Waals surface area contributed by atoms with Crippen LogP contribution in [0.25, 0.3) is 5.70 Å². The van der Waals surface area contributed by atoms with E-state index >= 15 is 0 Å². The summed E-state index contributed by atoms with van der Waals surface area (Å²) in [4.78, 5) is 21.7. The number of piperidine rings is 1. The van der Waals surface area contributed by atoms with Gasteiger partial charge in [-0.3, -0.25) is 4.79 Å². The smallest absolute Gasteiger partial charge is 0.324 e. The molecular weight excluding hydrogens is 420 g/mol. The van der Waals surface area contributed by atoms with Gasteiger partial charge in [0.05, 0.1) is 18.1 Å². The van der Waals surface area contributed by atoms with Crippen LogP contribution in [0.3, 0.4) is 0 Å². The lowest BCUT2D eigenvalue weighted by molar-refractivity contribution is -0.137. The average molecular weight is 445 g/mol. The molecule has 0 saturated carbocycles. The summed E-state index contributed by atoms with van der Waals surface area (Å²) in [6, 6.07) is 5.83. The zero-order chi connectivity index (χ0) is 22.0. The Bertz CT molecular complexity index is 989. The monoisotopic (exact) mass is 444 g/mol. The molecule has 1 aromatic carbocycles. The van der Waals surface area contributed by atoms with Gasteiger partial charge in [-0.05, 0) is 25.0 Å². The predicted molar refractivity (Wildman–Crippen MR) is 117 cm³/mol. The van der Waals surface area contributed by atoms with Crippen LogP contribution in [-0.4, -0.2) is 51.3 Å². The first-order valence-corrected chi connectivity index (χ1v) is 10.5. The molecule has 2 aromatic rings. The summed E-state index contributed by atoms with van der Waals surface area (Å²) in [7, 11) is 0. The largest absolute Gasteiger partial charge is 0.487 e. The summed E-state index contributed by atoms with van der Waals surface area (Å²) in [5, 5.41) is 10.5. The van der Waals surface area contributed by atoms with Crippen LogP contribution in [0.15, 0.2) is 36.8 Å². The number of anilines is 1. The second kappa shape index (κ2) is 8.60. The van der Waals surface area contributed by atoms with Gasteiger partial charge in [-0.15, -0.1) is 0 Å². The lowest BCUT2D eigenvalue weighted by atomic mass is 9.83. The molecule has 1 saturated heterocycles. The predicted octanol–water partition coefficient (Wildman–Crippen LogP) is 2.01. The number of aromatic nitrogens is 2. The number of benzene rings is 1.